The van der Waals surface area contributed by atoms with Crippen molar-refractivity contribution in [2.24, 2.45) is 5.92 Å². The van der Waals surface area contributed by atoms with Gasteiger partial charge < -0.3 is 21.1 Å². The monoisotopic (exact) mass is 245 g/mol. The second kappa shape index (κ2) is 8.37. The van der Waals surface area contributed by atoms with Crippen LogP contribution in [0.3, 0.4) is 0 Å². The predicted molar refractivity (Wildman–Crippen MR) is 61.5 cm³/mol. The molecular weight excluding hydrogens is 226 g/mol. The molecule has 0 spiro atoms. The molecule has 7 nitrogen and oxygen atoms in total. The average Bonchev–Trinajstić information content (AvgIpc) is 2.24. The Hall–Kier alpha value is -1.79. The van der Waals surface area contributed by atoms with Gasteiger partial charge in [0, 0.05) is 26.6 Å². The Kier molecular flexibility index (Phi) is 7.49. The number of carboxylic acid groups (broad SMARTS) is 1. The molecule has 4 N–H and O–H groups in total. The van der Waals surface area contributed by atoms with Crippen molar-refractivity contribution in [3.63, 3.8) is 0 Å². The molecule has 7 heteroatoms. The van der Waals surface area contributed by atoms with E-state index in [0.717, 1.165) is 0 Å². The molecule has 3 amide bonds. The molecule has 0 aliphatic carbocycles. The SMILES string of the molecule is CCC(CNC(=O)NCCNC(C)=O)C(=O)O. The number of rotatable bonds is 7. The zero-order chi connectivity index (χ0) is 13.3. The molecular formula is C10H19N3O4. The van der Waals surface area contributed by atoms with E-state index in [1.165, 1.54) is 6.92 Å². The number of aliphatic carboxylic acids is 1. The molecule has 0 aliphatic heterocycles. The molecule has 0 saturated carbocycles. The van der Waals surface area contributed by atoms with E-state index in [9.17, 15) is 14.4 Å². The predicted octanol–water partition coefficient (Wildman–Crippen LogP) is -0.467. The van der Waals surface area contributed by atoms with Crippen LogP contribution in [0.2, 0.25) is 0 Å². The van der Waals surface area contributed by atoms with Gasteiger partial charge in [-0.2, -0.15) is 0 Å². The van der Waals surface area contributed by atoms with Crippen molar-refractivity contribution in [1.29, 1.82) is 0 Å². The molecule has 0 radical (unpaired) electrons. The van der Waals surface area contributed by atoms with Crippen molar-refractivity contribution in [2.45, 2.75) is 20.3 Å². The van der Waals surface area contributed by atoms with E-state index in [0.29, 0.717) is 19.5 Å². The van der Waals surface area contributed by atoms with Crippen molar-refractivity contribution in [3.8, 4) is 0 Å². The summed E-state index contributed by atoms with van der Waals surface area (Å²) in [6.45, 7) is 3.87. The topological polar surface area (TPSA) is 108 Å². The molecule has 0 aliphatic rings. The van der Waals surface area contributed by atoms with Crippen LogP contribution in [0.15, 0.2) is 0 Å². The molecule has 0 saturated heterocycles. The van der Waals surface area contributed by atoms with Crippen molar-refractivity contribution >= 4 is 17.9 Å². The van der Waals surface area contributed by atoms with Gasteiger partial charge in [-0.15, -0.1) is 0 Å². The van der Waals surface area contributed by atoms with Crippen LogP contribution < -0.4 is 16.0 Å². The van der Waals surface area contributed by atoms with Gasteiger partial charge in [-0.05, 0) is 6.42 Å². The largest absolute Gasteiger partial charge is 0.481 e. The highest BCUT2D eigenvalue weighted by molar-refractivity contribution is 5.76. The van der Waals surface area contributed by atoms with Crippen LogP contribution in [0, 0.1) is 5.92 Å². The maximum absolute atomic E-state index is 11.2. The third-order valence-corrected chi connectivity index (χ3v) is 2.14. The van der Waals surface area contributed by atoms with E-state index in [1.54, 1.807) is 6.92 Å². The second-order valence-corrected chi connectivity index (χ2v) is 3.56. The second-order valence-electron chi connectivity index (χ2n) is 3.56. The Bertz CT molecular complexity index is 281. The highest BCUT2D eigenvalue weighted by Crippen LogP contribution is 1.99. The van der Waals surface area contributed by atoms with Gasteiger partial charge in [0.15, 0.2) is 0 Å². The number of carboxylic acids is 1. The van der Waals surface area contributed by atoms with Crippen molar-refractivity contribution < 1.29 is 19.5 Å². The van der Waals surface area contributed by atoms with Crippen LogP contribution in [-0.2, 0) is 9.59 Å². The Morgan fingerprint density at radius 3 is 2.18 bits per heavy atom. The molecule has 0 heterocycles. The standard InChI is InChI=1S/C10H19N3O4/c1-3-8(9(15)16)6-13-10(17)12-5-4-11-7(2)14/h8H,3-6H2,1-2H3,(H,11,14)(H,15,16)(H2,12,13,17). The van der Waals surface area contributed by atoms with Gasteiger partial charge in [0.2, 0.25) is 5.91 Å². The molecule has 17 heavy (non-hydrogen) atoms. The van der Waals surface area contributed by atoms with Crippen LogP contribution in [0.25, 0.3) is 0 Å². The summed E-state index contributed by atoms with van der Waals surface area (Å²) in [7, 11) is 0. The first-order valence-electron chi connectivity index (χ1n) is 5.46. The number of nitrogens with one attached hydrogen (secondary N) is 3. The lowest BCUT2D eigenvalue weighted by Crippen LogP contribution is -2.42. The van der Waals surface area contributed by atoms with E-state index in [-0.39, 0.29) is 12.5 Å². The van der Waals surface area contributed by atoms with E-state index in [2.05, 4.69) is 16.0 Å². The third kappa shape index (κ3) is 8.06. The third-order valence-electron chi connectivity index (χ3n) is 2.14. The number of hydrogen-bond acceptors (Lipinski definition) is 3. The maximum atomic E-state index is 11.2. The van der Waals surface area contributed by atoms with Gasteiger partial charge in [-0.1, -0.05) is 6.92 Å². The zero-order valence-electron chi connectivity index (χ0n) is 10.1. The van der Waals surface area contributed by atoms with Crippen molar-refractivity contribution in [1.82, 2.24) is 16.0 Å². The summed E-state index contributed by atoms with van der Waals surface area (Å²) in [6.07, 6.45) is 0.460. The quantitative estimate of drug-likeness (QED) is 0.455. The van der Waals surface area contributed by atoms with E-state index in [4.69, 9.17) is 5.11 Å². The Balaban J connectivity index is 3.65. The molecule has 0 rings (SSSR count). The summed E-state index contributed by atoms with van der Waals surface area (Å²) in [4.78, 5) is 32.4. The molecule has 0 aromatic rings. The summed E-state index contributed by atoms with van der Waals surface area (Å²) in [5.41, 5.74) is 0. The number of carbonyl (C=O) groups is 3. The van der Waals surface area contributed by atoms with Gasteiger partial charge in [0.1, 0.15) is 0 Å². The van der Waals surface area contributed by atoms with Crippen molar-refractivity contribution in [2.75, 3.05) is 19.6 Å². The van der Waals surface area contributed by atoms with Crippen LogP contribution in [-0.4, -0.2) is 42.6 Å². The summed E-state index contributed by atoms with van der Waals surface area (Å²) < 4.78 is 0. The fraction of sp³-hybridized carbons (Fsp3) is 0.700. The van der Waals surface area contributed by atoms with Crippen LogP contribution in [0.5, 0.6) is 0 Å². The Morgan fingerprint density at radius 1 is 1.12 bits per heavy atom. The smallest absolute Gasteiger partial charge is 0.314 e. The summed E-state index contributed by atoms with van der Waals surface area (Å²) >= 11 is 0. The number of urea groups is 1. The molecule has 0 aromatic heterocycles. The lowest BCUT2D eigenvalue weighted by Gasteiger charge is -2.11. The number of hydrogen-bond donors (Lipinski definition) is 4. The lowest BCUT2D eigenvalue weighted by atomic mass is 10.1. The zero-order valence-corrected chi connectivity index (χ0v) is 10.1. The molecule has 98 valence electrons. The summed E-state index contributed by atoms with van der Waals surface area (Å²) in [5.74, 6) is -1.66. The van der Waals surface area contributed by atoms with E-state index < -0.39 is 17.9 Å². The highest BCUT2D eigenvalue weighted by Gasteiger charge is 2.15. The first-order valence-corrected chi connectivity index (χ1v) is 5.46. The molecule has 0 aromatic carbocycles. The fourth-order valence-electron chi connectivity index (χ4n) is 1.10. The van der Waals surface area contributed by atoms with Gasteiger partial charge in [0.05, 0.1) is 5.92 Å². The minimum Gasteiger partial charge on any atom is -0.481 e. The molecule has 1 atom stereocenters. The molecule has 1 unspecified atom stereocenters. The van der Waals surface area contributed by atoms with Gasteiger partial charge in [-0.3, -0.25) is 9.59 Å². The normalized spacial score (nSPS) is 11.4. The first kappa shape index (κ1) is 15.2. The maximum Gasteiger partial charge on any atom is 0.314 e. The van der Waals surface area contributed by atoms with Gasteiger partial charge >= 0.3 is 12.0 Å². The Morgan fingerprint density at radius 2 is 1.71 bits per heavy atom. The van der Waals surface area contributed by atoms with Crippen LogP contribution >= 0.6 is 0 Å². The van der Waals surface area contributed by atoms with E-state index in [1.807, 2.05) is 0 Å². The van der Waals surface area contributed by atoms with Crippen LogP contribution in [0.4, 0.5) is 4.79 Å². The average molecular weight is 245 g/mol. The van der Waals surface area contributed by atoms with Crippen LogP contribution in [0.1, 0.15) is 20.3 Å². The van der Waals surface area contributed by atoms with E-state index >= 15 is 0 Å². The van der Waals surface area contributed by atoms with Gasteiger partial charge in [0.25, 0.3) is 0 Å². The number of amides is 3. The minimum atomic E-state index is -0.925. The van der Waals surface area contributed by atoms with Gasteiger partial charge in [-0.25, -0.2) is 4.79 Å². The first-order chi connectivity index (χ1) is 7.97. The molecule has 0 fully saturated rings. The minimum absolute atomic E-state index is 0.0950. The lowest BCUT2D eigenvalue weighted by molar-refractivity contribution is -0.141. The van der Waals surface area contributed by atoms with Crippen molar-refractivity contribution in [3.05, 3.63) is 0 Å². The molecule has 0 bridgehead atoms. The summed E-state index contributed by atoms with van der Waals surface area (Å²) in [5, 5.41) is 16.2. The fourth-order valence-corrected chi connectivity index (χ4v) is 1.10. The summed E-state index contributed by atoms with van der Waals surface area (Å²) in [6, 6.07) is -0.435. The Labute approximate surface area is 100.0 Å². The highest BCUT2D eigenvalue weighted by atomic mass is 16.4. The number of carbonyl (C=O) groups excluding carboxylic acids is 2.